The molecule has 0 fully saturated rings. The number of aryl methyl sites for hydroxylation is 2. The largest absolute Gasteiger partial charge is 0.496 e. The van der Waals surface area contributed by atoms with Crippen LogP contribution in [0.5, 0.6) is 11.5 Å². The average molecular weight is 865 g/mol. The maximum atomic E-state index is 13.7. The Morgan fingerprint density at radius 1 is 0.750 bits per heavy atom. The number of nitrogens with two attached hydrogens (primary N) is 1. The lowest BCUT2D eigenvalue weighted by Gasteiger charge is -2.38. The second kappa shape index (κ2) is 20.0. The van der Waals surface area contributed by atoms with E-state index in [1.165, 1.54) is 11.6 Å². The van der Waals surface area contributed by atoms with Crippen molar-refractivity contribution in [1.29, 1.82) is 0 Å². The molecule has 12 nitrogen and oxygen atoms in total. The third-order valence-electron chi connectivity index (χ3n) is 12.1. The molecule has 0 aliphatic carbocycles. The molecule has 0 saturated heterocycles. The molecule has 0 bridgehead atoms. The Morgan fingerprint density at radius 3 is 1.58 bits per heavy atom. The molecule has 2 atom stereocenters. The number of carbonyl (C=O) groups excluding carboxylic acids is 3. The molecule has 0 radical (unpaired) electrons. The molecule has 0 saturated carbocycles. The van der Waals surface area contributed by atoms with Crippen molar-refractivity contribution in [2.24, 2.45) is 0 Å². The van der Waals surface area contributed by atoms with Crippen molar-refractivity contribution >= 4 is 45.9 Å². The van der Waals surface area contributed by atoms with Crippen LogP contribution in [0.2, 0.25) is 36.3 Å². The van der Waals surface area contributed by atoms with Crippen molar-refractivity contribution in [2.75, 3.05) is 45.1 Å². The van der Waals surface area contributed by atoms with Gasteiger partial charge in [-0.1, -0.05) is 65.3 Å². The number of rotatable bonds is 13. The minimum absolute atomic E-state index is 0.00155. The standard InChI is InChI=1S/C25H38N2O5Si.C21H34N2O3Si/c1-10-11-31-24(29)26-21-13-18(3)22(30-7)14-20(21)23(28)27-15-17(2)12-19(27)16-32-33(8,9)25(4,5)6;1-14-9-16(13-26-27(7,8)21(3,4)5)23(12-14)20(24)17-11-19(25-6)15(2)10-18(17)22/h10,13-15,19H,1,11-12,16H2,2-9H3,(H,26,29);10-12,16H,9,13,22H2,1-8H3/t19-;16-/m00/s1. The Labute approximate surface area is 361 Å². The third-order valence-corrected chi connectivity index (χ3v) is 21.1. The van der Waals surface area contributed by atoms with Crippen LogP contribution in [0.4, 0.5) is 16.2 Å². The van der Waals surface area contributed by atoms with Gasteiger partial charge >= 0.3 is 6.09 Å². The van der Waals surface area contributed by atoms with E-state index in [9.17, 15) is 14.4 Å². The number of carbonyl (C=O) groups is 3. The minimum Gasteiger partial charge on any atom is -0.496 e. The van der Waals surface area contributed by atoms with Gasteiger partial charge in [-0.15, -0.1) is 0 Å². The van der Waals surface area contributed by atoms with Crippen molar-refractivity contribution in [3.63, 3.8) is 0 Å². The smallest absolute Gasteiger partial charge is 0.411 e. The van der Waals surface area contributed by atoms with Gasteiger partial charge in [0.05, 0.1) is 56.3 Å². The van der Waals surface area contributed by atoms with Crippen molar-refractivity contribution < 1.29 is 37.4 Å². The first-order valence-corrected chi connectivity index (χ1v) is 26.4. The Bertz CT molecular complexity index is 1960. The van der Waals surface area contributed by atoms with E-state index in [1.54, 1.807) is 48.3 Å². The van der Waals surface area contributed by atoms with Gasteiger partial charge in [0, 0.05) is 18.1 Å². The normalized spacial score (nSPS) is 17.0. The van der Waals surface area contributed by atoms with Crippen LogP contribution in [0.25, 0.3) is 0 Å². The molecule has 0 spiro atoms. The Hall–Kier alpha value is -4.38. The Kier molecular flexibility index (Phi) is 16.7. The molecule has 14 heteroatoms. The van der Waals surface area contributed by atoms with Gasteiger partial charge in [0.25, 0.3) is 11.8 Å². The number of nitrogens with one attached hydrogen (secondary N) is 1. The van der Waals surface area contributed by atoms with E-state index < -0.39 is 22.7 Å². The second-order valence-electron chi connectivity index (χ2n) is 19.0. The Morgan fingerprint density at radius 2 is 1.17 bits per heavy atom. The van der Waals surface area contributed by atoms with Gasteiger partial charge in [0.2, 0.25) is 0 Å². The van der Waals surface area contributed by atoms with Gasteiger partial charge in [-0.05, 0) is 112 Å². The number of nitrogens with zero attached hydrogens (tertiary/aromatic N) is 2. The third kappa shape index (κ3) is 12.4. The van der Waals surface area contributed by atoms with Gasteiger partial charge in [-0.3, -0.25) is 14.9 Å². The molecule has 0 aromatic heterocycles. The first-order chi connectivity index (χ1) is 27.7. The molecular formula is C46H72N4O8Si2. The lowest BCUT2D eigenvalue weighted by Crippen LogP contribution is -2.45. The van der Waals surface area contributed by atoms with E-state index in [-0.39, 0.29) is 40.6 Å². The van der Waals surface area contributed by atoms with E-state index in [0.717, 1.165) is 29.5 Å². The SMILES string of the molecule is C=CCOC(=O)Nc1cc(C)c(OC)cc1C(=O)N1C=C(C)C[C@H]1CO[Si](C)(C)C(C)(C)C.COc1cc(C(=O)N2C=C(C)C[C@H]2CO[Si](C)(C)C(C)(C)C)c(N)cc1C. The molecule has 4 rings (SSSR count). The van der Waals surface area contributed by atoms with E-state index in [0.29, 0.717) is 47.2 Å². The predicted octanol–water partition coefficient (Wildman–Crippen LogP) is 10.6. The summed E-state index contributed by atoms with van der Waals surface area (Å²) in [6.07, 6.45) is 6.19. The fourth-order valence-electron chi connectivity index (χ4n) is 6.36. The highest BCUT2D eigenvalue weighted by molar-refractivity contribution is 6.74. The number of benzene rings is 2. The number of anilines is 2. The highest BCUT2D eigenvalue weighted by atomic mass is 28.4. The van der Waals surface area contributed by atoms with Gasteiger partial charge in [-0.2, -0.15) is 0 Å². The summed E-state index contributed by atoms with van der Waals surface area (Å²) >= 11 is 0. The maximum Gasteiger partial charge on any atom is 0.411 e. The molecule has 3 N–H and O–H groups in total. The van der Waals surface area contributed by atoms with Gasteiger partial charge in [0.15, 0.2) is 16.6 Å². The summed E-state index contributed by atoms with van der Waals surface area (Å²) in [7, 11) is -0.692. The van der Waals surface area contributed by atoms with Crippen molar-refractivity contribution in [2.45, 2.75) is 130 Å². The zero-order valence-electron chi connectivity index (χ0n) is 39.2. The van der Waals surface area contributed by atoms with Crippen LogP contribution in [0.15, 0.2) is 60.5 Å². The van der Waals surface area contributed by atoms with Crippen molar-refractivity contribution in [1.82, 2.24) is 9.80 Å². The van der Waals surface area contributed by atoms with Crippen LogP contribution in [0, 0.1) is 13.8 Å². The lowest BCUT2D eigenvalue weighted by atomic mass is 10.1. The summed E-state index contributed by atoms with van der Waals surface area (Å²) in [6, 6.07) is 6.79. The zero-order valence-corrected chi connectivity index (χ0v) is 41.2. The first kappa shape index (κ1) is 50.0. The maximum absolute atomic E-state index is 13.7. The molecule has 2 aromatic rings. The van der Waals surface area contributed by atoms with E-state index in [1.807, 2.05) is 40.1 Å². The first-order valence-electron chi connectivity index (χ1n) is 20.6. The van der Waals surface area contributed by atoms with Crippen molar-refractivity contribution in [3.8, 4) is 11.5 Å². The summed E-state index contributed by atoms with van der Waals surface area (Å²) in [6.45, 7) is 34.6. The summed E-state index contributed by atoms with van der Waals surface area (Å²) in [5.74, 6) is 0.901. The highest BCUT2D eigenvalue weighted by Gasteiger charge is 2.41. The zero-order chi connectivity index (χ0) is 45.5. The van der Waals surface area contributed by atoms with Gasteiger partial charge in [0.1, 0.15) is 18.1 Å². The number of methoxy groups -OCH3 is 2. The molecule has 3 amide bonds. The minimum atomic E-state index is -1.97. The number of amides is 3. The number of nitrogen functional groups attached to an aromatic ring is 1. The fourth-order valence-corrected chi connectivity index (χ4v) is 8.45. The molecule has 2 aliphatic heterocycles. The molecule has 0 unspecified atom stereocenters. The summed E-state index contributed by atoms with van der Waals surface area (Å²) in [5, 5.41) is 2.90. The van der Waals surface area contributed by atoms with Crippen LogP contribution < -0.4 is 20.5 Å². The topological polar surface area (TPSA) is 142 Å². The van der Waals surface area contributed by atoms with Gasteiger partial charge in [-0.25, -0.2) is 4.79 Å². The number of hydrogen-bond acceptors (Lipinski definition) is 9. The molecule has 60 heavy (non-hydrogen) atoms. The van der Waals surface area contributed by atoms with Crippen LogP contribution in [0.3, 0.4) is 0 Å². The Balaban J connectivity index is 0.000000327. The predicted molar refractivity (Wildman–Crippen MR) is 248 cm³/mol. The molecule has 332 valence electrons. The quantitative estimate of drug-likeness (QED) is 0.114. The molecular weight excluding hydrogens is 793 g/mol. The highest BCUT2D eigenvalue weighted by Crippen LogP contribution is 2.39. The number of ether oxygens (including phenoxy) is 3. The average Bonchev–Trinajstić information content (AvgIpc) is 3.72. The summed E-state index contributed by atoms with van der Waals surface area (Å²) < 4.78 is 28.7. The van der Waals surface area contributed by atoms with Crippen LogP contribution >= 0.6 is 0 Å². The van der Waals surface area contributed by atoms with Crippen LogP contribution in [0.1, 0.15) is 100 Å². The summed E-state index contributed by atoms with van der Waals surface area (Å²) in [5.41, 5.74) is 11.8. The summed E-state index contributed by atoms with van der Waals surface area (Å²) in [4.78, 5) is 42.6. The monoisotopic (exact) mass is 864 g/mol. The second-order valence-corrected chi connectivity index (χ2v) is 28.6. The van der Waals surface area contributed by atoms with E-state index >= 15 is 0 Å². The van der Waals surface area contributed by atoms with Gasteiger partial charge < -0.3 is 38.6 Å². The van der Waals surface area contributed by atoms with E-state index in [4.69, 9.17) is 28.8 Å². The van der Waals surface area contributed by atoms with Crippen LogP contribution in [-0.2, 0) is 13.6 Å². The number of hydrogen-bond donors (Lipinski definition) is 2. The van der Waals surface area contributed by atoms with E-state index in [2.05, 4.69) is 79.6 Å². The lowest BCUT2D eigenvalue weighted by molar-refractivity contribution is 0.0731. The fraction of sp³-hybridized carbons (Fsp3) is 0.543. The molecule has 2 aliphatic rings. The molecule has 2 heterocycles. The van der Waals surface area contributed by atoms with Crippen LogP contribution in [-0.4, -0.2) is 90.5 Å². The van der Waals surface area contributed by atoms with Crippen molar-refractivity contribution in [3.05, 3.63) is 82.7 Å². The molecule has 2 aromatic carbocycles.